The molecule has 32 heavy (non-hydrogen) atoms. The van der Waals surface area contributed by atoms with Crippen LogP contribution in [-0.4, -0.2) is 51.5 Å². The molecule has 0 spiro atoms. The van der Waals surface area contributed by atoms with Crippen LogP contribution in [0.15, 0.2) is 47.4 Å². The van der Waals surface area contributed by atoms with E-state index in [1.54, 1.807) is 12.1 Å². The van der Waals surface area contributed by atoms with Crippen LogP contribution in [0.3, 0.4) is 0 Å². The summed E-state index contributed by atoms with van der Waals surface area (Å²) in [6, 6.07) is 12.4. The number of piperidine rings is 1. The Hall–Kier alpha value is -2.78. The highest BCUT2D eigenvalue weighted by molar-refractivity contribution is 7.89. The third-order valence-electron chi connectivity index (χ3n) is 6.25. The number of sulfonamides is 1. The maximum absolute atomic E-state index is 13.1. The topological polar surface area (TPSA) is 94.2 Å². The molecule has 0 radical (unpaired) electrons. The summed E-state index contributed by atoms with van der Waals surface area (Å²) in [6.07, 6.45) is 1.70. The summed E-state index contributed by atoms with van der Waals surface area (Å²) in [5.41, 5.74) is 0.991. The van der Waals surface area contributed by atoms with Crippen molar-refractivity contribution in [3.8, 4) is 17.2 Å². The van der Waals surface area contributed by atoms with E-state index >= 15 is 0 Å². The molecule has 3 aliphatic rings. The van der Waals surface area contributed by atoms with Crippen LogP contribution in [0.4, 0.5) is 0 Å². The number of para-hydroxylation sites is 1. The number of fused-ring (bicyclic) bond motifs is 2. The molecular formula is C23H26N2O6S. The molecule has 0 aliphatic carbocycles. The predicted octanol–water partition coefficient (Wildman–Crippen LogP) is 2.50. The lowest BCUT2D eigenvalue weighted by atomic mass is 9.95. The highest BCUT2D eigenvalue weighted by Gasteiger charge is 2.34. The molecule has 5 rings (SSSR count). The molecule has 1 saturated heterocycles. The molecule has 1 atom stereocenters. The van der Waals surface area contributed by atoms with Crippen molar-refractivity contribution in [1.29, 1.82) is 0 Å². The second-order valence-corrected chi connectivity index (χ2v) is 10.2. The van der Waals surface area contributed by atoms with Gasteiger partial charge < -0.3 is 19.5 Å². The number of hydrogen-bond donors (Lipinski definition) is 1. The Morgan fingerprint density at radius 3 is 2.41 bits per heavy atom. The van der Waals surface area contributed by atoms with Gasteiger partial charge in [-0.1, -0.05) is 18.2 Å². The summed E-state index contributed by atoms with van der Waals surface area (Å²) in [6.45, 7) is 2.02. The van der Waals surface area contributed by atoms with E-state index < -0.39 is 10.0 Å². The second kappa shape index (κ2) is 8.63. The summed E-state index contributed by atoms with van der Waals surface area (Å²) >= 11 is 0. The van der Waals surface area contributed by atoms with Crippen LogP contribution in [0.25, 0.3) is 0 Å². The number of benzene rings is 2. The van der Waals surface area contributed by atoms with Gasteiger partial charge in [0.1, 0.15) is 19.0 Å². The van der Waals surface area contributed by atoms with Gasteiger partial charge in [-0.25, -0.2) is 8.42 Å². The van der Waals surface area contributed by atoms with Gasteiger partial charge in [-0.3, -0.25) is 4.79 Å². The van der Waals surface area contributed by atoms with Crippen molar-refractivity contribution in [2.45, 2.75) is 30.2 Å². The minimum absolute atomic E-state index is 0.0249. The largest absolute Gasteiger partial charge is 0.493 e. The highest BCUT2D eigenvalue weighted by atomic mass is 32.2. The van der Waals surface area contributed by atoms with Crippen LogP contribution in [0.1, 0.15) is 30.9 Å². The molecule has 1 amide bonds. The molecule has 1 fully saturated rings. The summed E-state index contributed by atoms with van der Waals surface area (Å²) in [5, 5.41) is 3.15. The van der Waals surface area contributed by atoms with Crippen LogP contribution < -0.4 is 19.5 Å². The van der Waals surface area contributed by atoms with E-state index in [4.69, 9.17) is 14.2 Å². The Morgan fingerprint density at radius 2 is 1.59 bits per heavy atom. The third kappa shape index (κ3) is 4.02. The van der Waals surface area contributed by atoms with Gasteiger partial charge in [-0.15, -0.1) is 0 Å². The molecule has 3 aliphatic heterocycles. The van der Waals surface area contributed by atoms with Crippen LogP contribution in [-0.2, 0) is 14.8 Å². The number of carbonyl (C=O) groups excluding carboxylic acids is 1. The fourth-order valence-corrected chi connectivity index (χ4v) is 5.96. The lowest BCUT2D eigenvalue weighted by Gasteiger charge is -2.33. The van der Waals surface area contributed by atoms with Gasteiger partial charge in [0, 0.05) is 37.1 Å². The predicted molar refractivity (Wildman–Crippen MR) is 116 cm³/mol. The highest BCUT2D eigenvalue weighted by Crippen LogP contribution is 2.35. The first-order valence-electron chi connectivity index (χ1n) is 10.9. The van der Waals surface area contributed by atoms with Gasteiger partial charge in [0.25, 0.3) is 0 Å². The van der Waals surface area contributed by atoms with Gasteiger partial charge in [0.2, 0.25) is 15.9 Å². The van der Waals surface area contributed by atoms with Gasteiger partial charge in [0.05, 0.1) is 17.5 Å². The molecule has 170 valence electrons. The van der Waals surface area contributed by atoms with Crippen LogP contribution in [0.2, 0.25) is 0 Å². The quantitative estimate of drug-likeness (QED) is 0.757. The minimum Gasteiger partial charge on any atom is -0.493 e. The van der Waals surface area contributed by atoms with E-state index in [2.05, 4.69) is 5.32 Å². The molecule has 3 heterocycles. The second-order valence-electron chi connectivity index (χ2n) is 8.22. The molecule has 0 bridgehead atoms. The van der Waals surface area contributed by atoms with E-state index in [-0.39, 0.29) is 22.8 Å². The molecular weight excluding hydrogens is 432 g/mol. The van der Waals surface area contributed by atoms with Crippen molar-refractivity contribution in [1.82, 2.24) is 9.62 Å². The number of amides is 1. The van der Waals surface area contributed by atoms with Gasteiger partial charge in [-0.2, -0.15) is 4.31 Å². The number of carbonyl (C=O) groups is 1. The minimum atomic E-state index is -3.66. The van der Waals surface area contributed by atoms with Gasteiger partial charge >= 0.3 is 0 Å². The lowest BCUT2D eigenvalue weighted by Crippen LogP contribution is -2.44. The van der Waals surface area contributed by atoms with E-state index in [1.807, 2.05) is 24.3 Å². The zero-order valence-corrected chi connectivity index (χ0v) is 18.5. The van der Waals surface area contributed by atoms with Crippen LogP contribution >= 0.6 is 0 Å². The first-order chi connectivity index (χ1) is 15.5. The Labute approximate surface area is 187 Å². The molecule has 2 aromatic carbocycles. The Bertz CT molecular complexity index is 1110. The van der Waals surface area contributed by atoms with Crippen LogP contribution in [0.5, 0.6) is 17.2 Å². The number of rotatable bonds is 4. The third-order valence-corrected chi connectivity index (χ3v) is 8.15. The summed E-state index contributed by atoms with van der Waals surface area (Å²) in [5.74, 6) is 1.58. The van der Waals surface area contributed by atoms with Crippen molar-refractivity contribution in [2.75, 3.05) is 32.9 Å². The number of hydrogen-bond acceptors (Lipinski definition) is 6. The Morgan fingerprint density at radius 1 is 0.875 bits per heavy atom. The molecule has 1 N–H and O–H groups in total. The van der Waals surface area contributed by atoms with E-state index in [1.165, 1.54) is 10.4 Å². The van der Waals surface area contributed by atoms with Gasteiger partial charge in [0.15, 0.2) is 11.5 Å². The fourth-order valence-electron chi connectivity index (χ4n) is 4.47. The fraction of sp³-hybridized carbons (Fsp3) is 0.435. The normalized spacial score (nSPS) is 21.3. The molecule has 9 heteroatoms. The average molecular weight is 459 g/mol. The number of nitrogens with one attached hydrogen (secondary N) is 1. The molecule has 8 nitrogen and oxygen atoms in total. The van der Waals surface area contributed by atoms with Crippen molar-refractivity contribution in [3.05, 3.63) is 48.0 Å². The standard InChI is InChI=1S/C23H26N2O6S/c26-23(24-19-9-12-29-20-4-2-1-3-18(19)20)16-7-10-25(11-8-16)32(27,28)17-5-6-21-22(15-17)31-14-13-30-21/h1-6,15-16,19H,7-14H2,(H,24,26)/t19-/m1/s1. The van der Waals surface area contributed by atoms with Crippen molar-refractivity contribution < 1.29 is 27.4 Å². The molecule has 0 saturated carbocycles. The number of nitrogens with zero attached hydrogens (tertiary/aromatic N) is 1. The van der Waals surface area contributed by atoms with E-state index in [0.29, 0.717) is 57.3 Å². The molecule has 2 aromatic rings. The zero-order valence-electron chi connectivity index (χ0n) is 17.7. The zero-order chi connectivity index (χ0) is 22.1. The van der Waals surface area contributed by atoms with E-state index in [9.17, 15) is 13.2 Å². The Kier molecular flexibility index (Phi) is 5.69. The van der Waals surface area contributed by atoms with Crippen LogP contribution in [0, 0.1) is 5.92 Å². The smallest absolute Gasteiger partial charge is 0.243 e. The summed E-state index contributed by atoms with van der Waals surface area (Å²) in [4.78, 5) is 13.1. The van der Waals surface area contributed by atoms with Gasteiger partial charge in [-0.05, 0) is 31.0 Å². The maximum atomic E-state index is 13.1. The van der Waals surface area contributed by atoms with Crippen molar-refractivity contribution >= 4 is 15.9 Å². The first-order valence-corrected chi connectivity index (χ1v) is 12.4. The monoisotopic (exact) mass is 458 g/mol. The molecule has 0 unspecified atom stereocenters. The molecule has 0 aromatic heterocycles. The Balaban J connectivity index is 1.22. The van der Waals surface area contributed by atoms with Crippen molar-refractivity contribution in [3.63, 3.8) is 0 Å². The maximum Gasteiger partial charge on any atom is 0.243 e. The SMILES string of the molecule is O=C(N[C@@H]1CCOc2ccccc21)C1CCN(S(=O)(=O)c2ccc3c(c2)OCCO3)CC1. The summed E-state index contributed by atoms with van der Waals surface area (Å²) in [7, 11) is -3.66. The average Bonchev–Trinajstić information content (AvgIpc) is 2.84. The number of ether oxygens (including phenoxy) is 3. The first kappa shape index (κ1) is 21.1. The van der Waals surface area contributed by atoms with E-state index in [0.717, 1.165) is 17.7 Å². The lowest BCUT2D eigenvalue weighted by molar-refractivity contribution is -0.127. The van der Waals surface area contributed by atoms with Crippen molar-refractivity contribution in [2.24, 2.45) is 5.92 Å². The summed E-state index contributed by atoms with van der Waals surface area (Å²) < 4.78 is 44.4.